The van der Waals surface area contributed by atoms with Crippen molar-refractivity contribution in [2.45, 2.75) is 18.4 Å². The van der Waals surface area contributed by atoms with Gasteiger partial charge in [-0.15, -0.1) is 0 Å². The van der Waals surface area contributed by atoms with Crippen molar-refractivity contribution in [3.05, 3.63) is 10.9 Å². The molecule has 1 aliphatic heterocycles. The van der Waals surface area contributed by atoms with Crippen molar-refractivity contribution in [2.75, 3.05) is 20.3 Å². The molecular weight excluding hydrogens is 202 g/mol. The zero-order valence-corrected chi connectivity index (χ0v) is 8.84. The van der Waals surface area contributed by atoms with Crippen molar-refractivity contribution in [1.29, 1.82) is 0 Å². The summed E-state index contributed by atoms with van der Waals surface area (Å²) in [6, 6.07) is 1.78. The summed E-state index contributed by atoms with van der Waals surface area (Å²) in [7, 11) is 1.57. The van der Waals surface area contributed by atoms with Crippen LogP contribution in [-0.2, 0) is 10.3 Å². The molecule has 0 bridgehead atoms. The SMILES string of the molecule is COc1cc(C2(O)CCCOC2)sn1. The number of aliphatic hydroxyl groups is 1. The molecular formula is C9H13NO3S. The minimum atomic E-state index is -0.854. The Kier molecular flexibility index (Phi) is 2.71. The van der Waals surface area contributed by atoms with Gasteiger partial charge in [0, 0.05) is 12.7 Å². The average Bonchev–Trinajstić information content (AvgIpc) is 2.67. The molecule has 78 valence electrons. The summed E-state index contributed by atoms with van der Waals surface area (Å²) >= 11 is 1.27. The summed E-state index contributed by atoms with van der Waals surface area (Å²) in [4.78, 5) is 0.828. The molecule has 0 saturated carbocycles. The maximum Gasteiger partial charge on any atom is 0.225 e. The highest BCUT2D eigenvalue weighted by molar-refractivity contribution is 7.06. The van der Waals surface area contributed by atoms with Crippen LogP contribution < -0.4 is 4.74 Å². The third-order valence-electron chi connectivity index (χ3n) is 2.38. The van der Waals surface area contributed by atoms with Gasteiger partial charge in [0.2, 0.25) is 5.88 Å². The highest BCUT2D eigenvalue weighted by Crippen LogP contribution is 2.34. The molecule has 2 heterocycles. The highest BCUT2D eigenvalue weighted by atomic mass is 32.1. The van der Waals surface area contributed by atoms with Crippen LogP contribution in [0.1, 0.15) is 17.7 Å². The quantitative estimate of drug-likeness (QED) is 0.804. The van der Waals surface area contributed by atoms with Gasteiger partial charge in [-0.05, 0) is 24.4 Å². The van der Waals surface area contributed by atoms with Crippen LogP contribution in [0.15, 0.2) is 6.07 Å². The molecule has 1 saturated heterocycles. The predicted molar refractivity (Wildman–Crippen MR) is 52.6 cm³/mol. The molecule has 1 unspecified atom stereocenters. The summed E-state index contributed by atoms with van der Waals surface area (Å²) in [5.74, 6) is 0.559. The lowest BCUT2D eigenvalue weighted by atomic mass is 9.95. The fourth-order valence-electron chi connectivity index (χ4n) is 1.55. The molecule has 0 amide bonds. The molecule has 1 N–H and O–H groups in total. The largest absolute Gasteiger partial charge is 0.480 e. The van der Waals surface area contributed by atoms with Crippen molar-refractivity contribution in [3.8, 4) is 5.88 Å². The molecule has 2 rings (SSSR count). The van der Waals surface area contributed by atoms with Crippen molar-refractivity contribution in [3.63, 3.8) is 0 Å². The summed E-state index contributed by atoms with van der Waals surface area (Å²) in [5.41, 5.74) is -0.854. The molecule has 4 nitrogen and oxygen atoms in total. The van der Waals surface area contributed by atoms with Crippen molar-refractivity contribution in [2.24, 2.45) is 0 Å². The maximum absolute atomic E-state index is 10.2. The van der Waals surface area contributed by atoms with E-state index >= 15 is 0 Å². The Morgan fingerprint density at radius 2 is 2.57 bits per heavy atom. The Hall–Kier alpha value is -0.650. The summed E-state index contributed by atoms with van der Waals surface area (Å²) in [6.45, 7) is 1.09. The molecule has 5 heteroatoms. The van der Waals surface area contributed by atoms with Crippen LogP contribution in [0.25, 0.3) is 0 Å². The monoisotopic (exact) mass is 215 g/mol. The third-order valence-corrected chi connectivity index (χ3v) is 3.34. The van der Waals surface area contributed by atoms with Gasteiger partial charge in [-0.2, -0.15) is 4.37 Å². The first-order valence-corrected chi connectivity index (χ1v) is 5.33. The average molecular weight is 215 g/mol. The number of hydrogen-bond donors (Lipinski definition) is 1. The second-order valence-electron chi connectivity index (χ2n) is 3.42. The molecule has 1 atom stereocenters. The first-order valence-electron chi connectivity index (χ1n) is 4.56. The van der Waals surface area contributed by atoms with Crippen LogP contribution in [0.3, 0.4) is 0 Å². The van der Waals surface area contributed by atoms with Gasteiger partial charge in [-0.25, -0.2) is 0 Å². The second kappa shape index (κ2) is 3.84. The van der Waals surface area contributed by atoms with Crippen LogP contribution in [0.5, 0.6) is 5.88 Å². The maximum atomic E-state index is 10.2. The summed E-state index contributed by atoms with van der Waals surface area (Å²) in [5, 5.41) is 10.2. The Morgan fingerprint density at radius 3 is 3.14 bits per heavy atom. The van der Waals surface area contributed by atoms with Gasteiger partial charge >= 0.3 is 0 Å². The minimum absolute atomic E-state index is 0.359. The van der Waals surface area contributed by atoms with Gasteiger partial charge in [0.1, 0.15) is 5.60 Å². The number of methoxy groups -OCH3 is 1. The van der Waals surface area contributed by atoms with Gasteiger partial charge in [-0.1, -0.05) is 0 Å². The predicted octanol–water partition coefficient (Wildman–Crippen LogP) is 1.15. The Labute approximate surface area is 86.6 Å². The Morgan fingerprint density at radius 1 is 1.71 bits per heavy atom. The second-order valence-corrected chi connectivity index (χ2v) is 4.23. The molecule has 0 aliphatic carbocycles. The molecule has 1 aliphatic rings. The number of nitrogens with zero attached hydrogens (tertiary/aromatic N) is 1. The van der Waals surface area contributed by atoms with E-state index in [1.165, 1.54) is 11.5 Å². The van der Waals surface area contributed by atoms with Gasteiger partial charge in [0.05, 0.1) is 18.6 Å². The van der Waals surface area contributed by atoms with E-state index in [-0.39, 0.29) is 0 Å². The molecule has 14 heavy (non-hydrogen) atoms. The van der Waals surface area contributed by atoms with E-state index in [0.717, 1.165) is 24.3 Å². The zero-order valence-electron chi connectivity index (χ0n) is 8.02. The van der Waals surface area contributed by atoms with Crippen LogP contribution in [0.4, 0.5) is 0 Å². The van der Waals surface area contributed by atoms with Crippen LogP contribution in [0.2, 0.25) is 0 Å². The Bertz CT molecular complexity index is 307. The van der Waals surface area contributed by atoms with E-state index in [0.29, 0.717) is 12.5 Å². The van der Waals surface area contributed by atoms with E-state index in [1.54, 1.807) is 13.2 Å². The lowest BCUT2D eigenvalue weighted by Gasteiger charge is -2.30. The minimum Gasteiger partial charge on any atom is -0.480 e. The standard InChI is InChI=1S/C9H13NO3S/c1-12-8-5-7(14-10-8)9(11)3-2-4-13-6-9/h5,11H,2-4,6H2,1H3. The highest BCUT2D eigenvalue weighted by Gasteiger charge is 2.34. The smallest absolute Gasteiger partial charge is 0.225 e. The lowest BCUT2D eigenvalue weighted by Crippen LogP contribution is -2.34. The van der Waals surface area contributed by atoms with Crippen molar-refractivity contribution in [1.82, 2.24) is 4.37 Å². The van der Waals surface area contributed by atoms with Crippen molar-refractivity contribution >= 4 is 11.5 Å². The van der Waals surface area contributed by atoms with Gasteiger partial charge in [-0.3, -0.25) is 0 Å². The fourth-order valence-corrected chi connectivity index (χ4v) is 2.35. The number of rotatable bonds is 2. The fraction of sp³-hybridized carbons (Fsp3) is 0.667. The number of hydrogen-bond acceptors (Lipinski definition) is 5. The van der Waals surface area contributed by atoms with Crippen LogP contribution >= 0.6 is 11.5 Å². The van der Waals surface area contributed by atoms with Crippen LogP contribution in [-0.4, -0.2) is 29.8 Å². The first kappa shape index (κ1) is 9.89. The van der Waals surface area contributed by atoms with E-state index < -0.39 is 5.60 Å². The summed E-state index contributed by atoms with van der Waals surface area (Å²) < 4.78 is 14.3. The van der Waals surface area contributed by atoms with E-state index in [2.05, 4.69) is 4.37 Å². The van der Waals surface area contributed by atoms with Gasteiger partial charge < -0.3 is 14.6 Å². The Balaban J connectivity index is 2.19. The van der Waals surface area contributed by atoms with Gasteiger partial charge in [0.25, 0.3) is 0 Å². The van der Waals surface area contributed by atoms with E-state index in [1.807, 2.05) is 0 Å². The molecule has 1 aromatic rings. The normalized spacial score (nSPS) is 27.6. The third kappa shape index (κ3) is 1.75. The zero-order chi connectivity index (χ0) is 10.0. The molecule has 1 aromatic heterocycles. The topological polar surface area (TPSA) is 51.6 Å². The summed E-state index contributed by atoms with van der Waals surface area (Å²) in [6.07, 6.45) is 1.62. The molecule has 0 radical (unpaired) electrons. The molecule has 0 aromatic carbocycles. The van der Waals surface area contributed by atoms with Gasteiger partial charge in [0.15, 0.2) is 0 Å². The van der Waals surface area contributed by atoms with E-state index in [4.69, 9.17) is 9.47 Å². The van der Waals surface area contributed by atoms with Crippen molar-refractivity contribution < 1.29 is 14.6 Å². The molecule has 1 fully saturated rings. The molecule has 0 spiro atoms. The van der Waals surface area contributed by atoms with Crippen LogP contribution in [0, 0.1) is 0 Å². The first-order chi connectivity index (χ1) is 6.74. The lowest BCUT2D eigenvalue weighted by molar-refractivity contribution is -0.0880. The number of aromatic nitrogens is 1. The van der Waals surface area contributed by atoms with E-state index in [9.17, 15) is 5.11 Å². The number of ether oxygens (including phenoxy) is 2.